The van der Waals surface area contributed by atoms with Gasteiger partial charge in [0.2, 0.25) is 0 Å². The van der Waals surface area contributed by atoms with Crippen molar-refractivity contribution in [1.29, 1.82) is 0 Å². The summed E-state index contributed by atoms with van der Waals surface area (Å²) in [6.07, 6.45) is 6.50. The van der Waals surface area contributed by atoms with Crippen molar-refractivity contribution in [3.05, 3.63) is 18.5 Å². The summed E-state index contributed by atoms with van der Waals surface area (Å²) in [5.74, 6) is 0. The van der Waals surface area contributed by atoms with Crippen LogP contribution in [-0.4, -0.2) is 37.8 Å². The number of likely N-dealkylation sites (N-methyl/N-ethyl adjacent to an activating group) is 1. The van der Waals surface area contributed by atoms with E-state index in [1.807, 2.05) is 19.4 Å². The summed E-state index contributed by atoms with van der Waals surface area (Å²) in [5.41, 5.74) is 2.21. The number of nitrogens with zero attached hydrogens (tertiary/aromatic N) is 2. The van der Waals surface area contributed by atoms with Crippen LogP contribution in [0.2, 0.25) is 0 Å². The Labute approximate surface area is 103 Å². The van der Waals surface area contributed by atoms with Gasteiger partial charge >= 0.3 is 0 Å². The molecule has 0 spiro atoms. The standard InChI is InChI=1S/C13H21N3O/c1-3-16(10-13-5-4-6-17-13)12-7-11(14-2)8-15-9-12/h7-9,13-14H,3-6,10H2,1-2H3. The number of rotatable bonds is 5. The fourth-order valence-electron chi connectivity index (χ4n) is 2.19. The van der Waals surface area contributed by atoms with Crippen LogP contribution in [-0.2, 0) is 4.74 Å². The van der Waals surface area contributed by atoms with Gasteiger partial charge in [0.1, 0.15) is 0 Å². The van der Waals surface area contributed by atoms with Gasteiger partial charge in [-0.05, 0) is 25.8 Å². The zero-order valence-electron chi connectivity index (χ0n) is 10.6. The summed E-state index contributed by atoms with van der Waals surface area (Å²) < 4.78 is 5.69. The van der Waals surface area contributed by atoms with Gasteiger partial charge < -0.3 is 15.0 Å². The smallest absolute Gasteiger partial charge is 0.0750 e. The molecule has 1 fully saturated rings. The Morgan fingerprint density at radius 3 is 3.06 bits per heavy atom. The molecule has 1 aromatic rings. The lowest BCUT2D eigenvalue weighted by Gasteiger charge is -2.26. The molecule has 4 nitrogen and oxygen atoms in total. The van der Waals surface area contributed by atoms with E-state index in [0.717, 1.165) is 31.1 Å². The highest BCUT2D eigenvalue weighted by molar-refractivity contribution is 5.55. The highest BCUT2D eigenvalue weighted by Gasteiger charge is 2.18. The Balaban J connectivity index is 2.04. The fourth-order valence-corrected chi connectivity index (χ4v) is 2.19. The third-order valence-electron chi connectivity index (χ3n) is 3.21. The maximum atomic E-state index is 5.69. The third kappa shape index (κ3) is 3.09. The number of hydrogen-bond donors (Lipinski definition) is 1. The Morgan fingerprint density at radius 1 is 1.53 bits per heavy atom. The minimum atomic E-state index is 0.383. The van der Waals surface area contributed by atoms with Gasteiger partial charge in [0, 0.05) is 26.7 Å². The molecule has 0 saturated carbocycles. The maximum absolute atomic E-state index is 5.69. The molecule has 2 heterocycles. The van der Waals surface area contributed by atoms with Crippen molar-refractivity contribution in [2.45, 2.75) is 25.9 Å². The van der Waals surface area contributed by atoms with E-state index in [2.05, 4.69) is 28.2 Å². The molecule has 1 aliphatic heterocycles. The first-order valence-electron chi connectivity index (χ1n) is 6.33. The Hall–Kier alpha value is -1.29. The Bertz CT molecular complexity index is 350. The van der Waals surface area contributed by atoms with Gasteiger partial charge in [-0.2, -0.15) is 0 Å². The lowest BCUT2D eigenvalue weighted by molar-refractivity contribution is 0.115. The normalized spacial score (nSPS) is 19.3. The average Bonchev–Trinajstić information content (AvgIpc) is 2.89. The fraction of sp³-hybridized carbons (Fsp3) is 0.615. The predicted molar refractivity (Wildman–Crippen MR) is 70.6 cm³/mol. The summed E-state index contributed by atoms with van der Waals surface area (Å²) in [5, 5.41) is 3.12. The second-order valence-electron chi connectivity index (χ2n) is 4.36. The Morgan fingerprint density at radius 2 is 2.41 bits per heavy atom. The molecule has 0 aromatic carbocycles. The summed E-state index contributed by atoms with van der Waals surface area (Å²) in [6.45, 7) is 5.03. The molecular formula is C13H21N3O. The molecule has 1 N–H and O–H groups in total. The van der Waals surface area contributed by atoms with Gasteiger partial charge in [0.05, 0.1) is 29.9 Å². The third-order valence-corrected chi connectivity index (χ3v) is 3.21. The van der Waals surface area contributed by atoms with Crippen LogP contribution in [0.5, 0.6) is 0 Å². The second kappa shape index (κ2) is 5.87. The van der Waals surface area contributed by atoms with E-state index < -0.39 is 0 Å². The summed E-state index contributed by atoms with van der Waals surface area (Å²) in [4.78, 5) is 6.58. The molecule has 1 aromatic heterocycles. The SMILES string of the molecule is CCN(CC1CCCO1)c1cncc(NC)c1. The molecule has 1 aliphatic rings. The van der Waals surface area contributed by atoms with E-state index in [1.54, 1.807) is 0 Å². The van der Waals surface area contributed by atoms with Crippen molar-refractivity contribution < 1.29 is 4.74 Å². The van der Waals surface area contributed by atoms with Crippen molar-refractivity contribution in [1.82, 2.24) is 4.98 Å². The van der Waals surface area contributed by atoms with E-state index >= 15 is 0 Å². The molecule has 1 saturated heterocycles. The van der Waals surface area contributed by atoms with Crippen LogP contribution in [0, 0.1) is 0 Å². The van der Waals surface area contributed by atoms with Crippen LogP contribution >= 0.6 is 0 Å². The van der Waals surface area contributed by atoms with E-state index in [4.69, 9.17) is 4.74 Å². The molecule has 4 heteroatoms. The topological polar surface area (TPSA) is 37.4 Å². The number of anilines is 2. The number of nitrogens with one attached hydrogen (secondary N) is 1. The van der Waals surface area contributed by atoms with Gasteiger partial charge in [-0.25, -0.2) is 0 Å². The largest absolute Gasteiger partial charge is 0.387 e. The summed E-state index contributed by atoms with van der Waals surface area (Å²) in [6, 6.07) is 2.13. The summed E-state index contributed by atoms with van der Waals surface area (Å²) >= 11 is 0. The van der Waals surface area contributed by atoms with Crippen LogP contribution in [0.4, 0.5) is 11.4 Å². The van der Waals surface area contributed by atoms with E-state index in [-0.39, 0.29) is 0 Å². The van der Waals surface area contributed by atoms with E-state index in [9.17, 15) is 0 Å². The number of ether oxygens (including phenoxy) is 1. The molecule has 0 bridgehead atoms. The second-order valence-corrected chi connectivity index (χ2v) is 4.36. The highest BCUT2D eigenvalue weighted by Crippen LogP contribution is 2.20. The number of pyridine rings is 1. The van der Waals surface area contributed by atoms with Crippen molar-refractivity contribution in [2.24, 2.45) is 0 Å². The zero-order valence-corrected chi connectivity index (χ0v) is 10.6. The average molecular weight is 235 g/mol. The molecule has 94 valence electrons. The van der Waals surface area contributed by atoms with E-state index in [0.29, 0.717) is 6.10 Å². The molecule has 0 aliphatic carbocycles. The van der Waals surface area contributed by atoms with Crippen LogP contribution in [0.1, 0.15) is 19.8 Å². The van der Waals surface area contributed by atoms with Crippen LogP contribution in [0.15, 0.2) is 18.5 Å². The highest BCUT2D eigenvalue weighted by atomic mass is 16.5. The Kier molecular flexibility index (Phi) is 4.20. The van der Waals surface area contributed by atoms with Crippen LogP contribution in [0.3, 0.4) is 0 Å². The molecule has 2 rings (SSSR count). The lowest BCUT2D eigenvalue weighted by Crippen LogP contribution is -2.32. The summed E-state index contributed by atoms with van der Waals surface area (Å²) in [7, 11) is 1.91. The molecule has 0 amide bonds. The van der Waals surface area contributed by atoms with E-state index in [1.165, 1.54) is 12.8 Å². The van der Waals surface area contributed by atoms with Crippen LogP contribution < -0.4 is 10.2 Å². The molecular weight excluding hydrogens is 214 g/mol. The van der Waals surface area contributed by atoms with Crippen LogP contribution in [0.25, 0.3) is 0 Å². The van der Waals surface area contributed by atoms with Gasteiger partial charge in [0.25, 0.3) is 0 Å². The minimum Gasteiger partial charge on any atom is -0.387 e. The molecule has 1 unspecified atom stereocenters. The first-order chi connectivity index (χ1) is 8.33. The van der Waals surface area contributed by atoms with Crippen molar-refractivity contribution in [2.75, 3.05) is 37.0 Å². The maximum Gasteiger partial charge on any atom is 0.0750 e. The van der Waals surface area contributed by atoms with Gasteiger partial charge in [0.15, 0.2) is 0 Å². The first kappa shape index (κ1) is 12.2. The number of hydrogen-bond acceptors (Lipinski definition) is 4. The molecule has 1 atom stereocenters. The van der Waals surface area contributed by atoms with Gasteiger partial charge in [-0.15, -0.1) is 0 Å². The zero-order chi connectivity index (χ0) is 12.1. The molecule has 17 heavy (non-hydrogen) atoms. The van der Waals surface area contributed by atoms with Crippen molar-refractivity contribution in [3.8, 4) is 0 Å². The quantitative estimate of drug-likeness (QED) is 0.848. The van der Waals surface area contributed by atoms with Crippen molar-refractivity contribution >= 4 is 11.4 Å². The first-order valence-corrected chi connectivity index (χ1v) is 6.33. The number of aromatic nitrogens is 1. The van der Waals surface area contributed by atoms with Gasteiger partial charge in [-0.3, -0.25) is 4.98 Å². The van der Waals surface area contributed by atoms with Crippen molar-refractivity contribution in [3.63, 3.8) is 0 Å². The monoisotopic (exact) mass is 235 g/mol. The lowest BCUT2D eigenvalue weighted by atomic mass is 10.2. The molecule has 0 radical (unpaired) electrons. The van der Waals surface area contributed by atoms with Gasteiger partial charge in [-0.1, -0.05) is 0 Å². The minimum absolute atomic E-state index is 0.383. The predicted octanol–water partition coefficient (Wildman–Crippen LogP) is 2.13.